The highest BCUT2D eigenvalue weighted by atomic mass is 15.0. The van der Waals surface area contributed by atoms with E-state index in [1.54, 1.807) is 0 Å². The number of hydrogen-bond acceptors (Lipinski definition) is 2. The molecule has 1 unspecified atom stereocenters. The van der Waals surface area contributed by atoms with Crippen molar-refractivity contribution < 1.29 is 0 Å². The van der Waals surface area contributed by atoms with Crippen LogP contribution in [0.2, 0.25) is 0 Å². The van der Waals surface area contributed by atoms with Crippen molar-refractivity contribution in [3.05, 3.63) is 35.4 Å². The van der Waals surface area contributed by atoms with Gasteiger partial charge in [0.25, 0.3) is 0 Å². The fraction of sp³-hybridized carbons (Fsp3) is 0.714. The van der Waals surface area contributed by atoms with Crippen molar-refractivity contribution in [2.24, 2.45) is 23.2 Å². The first kappa shape index (κ1) is 17.0. The van der Waals surface area contributed by atoms with Crippen LogP contribution in [0.4, 0.5) is 0 Å². The summed E-state index contributed by atoms with van der Waals surface area (Å²) in [6.45, 7) is 12.9. The van der Waals surface area contributed by atoms with Crippen LogP contribution in [0.3, 0.4) is 0 Å². The van der Waals surface area contributed by atoms with Crippen molar-refractivity contribution in [1.29, 1.82) is 0 Å². The Hall–Kier alpha value is -0.860. The zero-order valence-electron chi connectivity index (χ0n) is 15.4. The predicted molar refractivity (Wildman–Crippen MR) is 98.7 cm³/mol. The molecule has 0 aliphatic heterocycles. The highest BCUT2D eigenvalue weighted by molar-refractivity contribution is 5.25. The highest BCUT2D eigenvalue weighted by Crippen LogP contribution is 2.61. The second-order valence-corrected chi connectivity index (χ2v) is 8.44. The lowest BCUT2D eigenvalue weighted by Crippen LogP contribution is -2.60. The van der Waals surface area contributed by atoms with Crippen molar-refractivity contribution in [3.8, 4) is 0 Å². The number of rotatable bonds is 7. The Morgan fingerprint density at radius 3 is 2.57 bits per heavy atom. The van der Waals surface area contributed by atoms with Gasteiger partial charge in [-0.25, -0.2) is 0 Å². The summed E-state index contributed by atoms with van der Waals surface area (Å²) in [6, 6.07) is 9.44. The van der Waals surface area contributed by atoms with Crippen molar-refractivity contribution in [2.75, 3.05) is 19.6 Å². The second kappa shape index (κ2) is 6.94. The van der Waals surface area contributed by atoms with Crippen molar-refractivity contribution in [2.45, 2.75) is 53.0 Å². The standard InChI is InChI=1S/C21H34N2/c1-15-7-5-6-8-17(15)9-10-22-11-12-23-20-14-18-13-19(16(20)2)21(18,3)4/h5-8,16,18-20,22-23H,9-14H2,1-4H3/t16-,18?,19-,20-/m1/s1. The minimum Gasteiger partial charge on any atom is -0.315 e. The molecular weight excluding hydrogens is 280 g/mol. The van der Waals surface area contributed by atoms with Gasteiger partial charge in [0.05, 0.1) is 0 Å². The van der Waals surface area contributed by atoms with Crippen LogP contribution < -0.4 is 10.6 Å². The summed E-state index contributed by atoms with van der Waals surface area (Å²) in [5.41, 5.74) is 3.48. The zero-order valence-corrected chi connectivity index (χ0v) is 15.4. The molecule has 0 aromatic heterocycles. The quantitative estimate of drug-likeness (QED) is 0.748. The Bertz CT molecular complexity index is 522. The Morgan fingerprint density at radius 2 is 1.87 bits per heavy atom. The molecule has 3 aliphatic carbocycles. The van der Waals surface area contributed by atoms with Crippen LogP contribution >= 0.6 is 0 Å². The van der Waals surface area contributed by atoms with E-state index in [0.717, 1.165) is 49.9 Å². The maximum absolute atomic E-state index is 3.82. The molecule has 1 aromatic rings. The molecule has 2 heteroatoms. The third kappa shape index (κ3) is 3.49. The van der Waals surface area contributed by atoms with Gasteiger partial charge in [0.15, 0.2) is 0 Å². The van der Waals surface area contributed by atoms with Crippen molar-refractivity contribution in [3.63, 3.8) is 0 Å². The Kier molecular flexibility index (Phi) is 5.13. The number of aryl methyl sites for hydroxylation is 1. The third-order valence-electron chi connectivity index (χ3n) is 6.89. The molecule has 3 saturated carbocycles. The van der Waals surface area contributed by atoms with E-state index < -0.39 is 0 Å². The minimum absolute atomic E-state index is 0.601. The van der Waals surface area contributed by atoms with E-state index in [2.05, 4.69) is 62.6 Å². The van der Waals surface area contributed by atoms with E-state index in [-0.39, 0.29) is 0 Å². The van der Waals surface area contributed by atoms with Gasteiger partial charge in [-0.15, -0.1) is 0 Å². The number of benzene rings is 1. The molecule has 0 saturated heterocycles. The lowest BCUT2D eigenvalue weighted by molar-refractivity contribution is -0.114. The molecule has 3 aliphatic rings. The van der Waals surface area contributed by atoms with Crippen molar-refractivity contribution >= 4 is 0 Å². The zero-order chi connectivity index (χ0) is 16.4. The summed E-state index contributed by atoms with van der Waals surface area (Å²) in [6.07, 6.45) is 3.99. The summed E-state index contributed by atoms with van der Waals surface area (Å²) in [5, 5.41) is 7.41. The first-order valence-electron chi connectivity index (χ1n) is 9.48. The Morgan fingerprint density at radius 1 is 1.09 bits per heavy atom. The van der Waals surface area contributed by atoms with Gasteiger partial charge in [-0.1, -0.05) is 45.0 Å². The maximum atomic E-state index is 3.82. The lowest BCUT2D eigenvalue weighted by Gasteiger charge is -2.62. The third-order valence-corrected chi connectivity index (χ3v) is 6.89. The van der Waals surface area contributed by atoms with Gasteiger partial charge in [-0.05, 0) is 67.0 Å². The van der Waals surface area contributed by atoms with Crippen LogP contribution in [0, 0.1) is 30.1 Å². The van der Waals surface area contributed by atoms with Gasteiger partial charge < -0.3 is 10.6 Å². The van der Waals surface area contributed by atoms with Crippen molar-refractivity contribution in [1.82, 2.24) is 10.6 Å². The molecule has 23 heavy (non-hydrogen) atoms. The van der Waals surface area contributed by atoms with Gasteiger partial charge in [0, 0.05) is 19.1 Å². The van der Waals surface area contributed by atoms with Crippen LogP contribution in [-0.2, 0) is 6.42 Å². The molecule has 2 nitrogen and oxygen atoms in total. The molecule has 0 amide bonds. The molecule has 1 aromatic carbocycles. The molecule has 0 spiro atoms. The van der Waals surface area contributed by atoms with Crippen LogP contribution in [0.25, 0.3) is 0 Å². The summed E-state index contributed by atoms with van der Waals surface area (Å²) < 4.78 is 0. The topological polar surface area (TPSA) is 24.1 Å². The van der Waals surface area contributed by atoms with Gasteiger partial charge in [0.1, 0.15) is 0 Å². The molecule has 2 N–H and O–H groups in total. The normalized spacial score (nSPS) is 31.7. The largest absolute Gasteiger partial charge is 0.315 e. The first-order valence-corrected chi connectivity index (χ1v) is 9.48. The van der Waals surface area contributed by atoms with Crippen LogP contribution in [0.5, 0.6) is 0 Å². The van der Waals surface area contributed by atoms with Crippen LogP contribution in [0.15, 0.2) is 24.3 Å². The van der Waals surface area contributed by atoms with Gasteiger partial charge in [0.2, 0.25) is 0 Å². The smallest absolute Gasteiger partial charge is 0.00989 e. The molecule has 0 radical (unpaired) electrons. The molecule has 128 valence electrons. The van der Waals surface area contributed by atoms with E-state index in [0.29, 0.717) is 5.41 Å². The fourth-order valence-electron chi connectivity index (χ4n) is 5.00. The van der Waals surface area contributed by atoms with Gasteiger partial charge >= 0.3 is 0 Å². The SMILES string of the molecule is Cc1ccccc1CCNCCN[C@@H]1CC2C[C@H]([C@H]1C)C2(C)C. The van der Waals surface area contributed by atoms with E-state index in [9.17, 15) is 0 Å². The number of hydrogen-bond donors (Lipinski definition) is 2. The van der Waals surface area contributed by atoms with Gasteiger partial charge in [-0.3, -0.25) is 0 Å². The van der Waals surface area contributed by atoms with Gasteiger partial charge in [-0.2, -0.15) is 0 Å². The molecule has 0 heterocycles. The Balaban J connectivity index is 1.31. The average molecular weight is 315 g/mol. The molecule has 4 rings (SSSR count). The first-order chi connectivity index (χ1) is 11.0. The van der Waals surface area contributed by atoms with E-state index in [4.69, 9.17) is 0 Å². The average Bonchev–Trinajstić information content (AvgIpc) is 2.53. The van der Waals surface area contributed by atoms with E-state index >= 15 is 0 Å². The monoisotopic (exact) mass is 314 g/mol. The summed E-state index contributed by atoms with van der Waals surface area (Å²) in [4.78, 5) is 0. The maximum Gasteiger partial charge on any atom is 0.00989 e. The predicted octanol–water partition coefficient (Wildman–Crippen LogP) is 3.79. The molecule has 4 atom stereocenters. The Labute approximate surface area is 142 Å². The molecule has 2 bridgehead atoms. The lowest BCUT2D eigenvalue weighted by atomic mass is 9.45. The molecule has 3 fully saturated rings. The van der Waals surface area contributed by atoms with Crippen LogP contribution in [-0.4, -0.2) is 25.7 Å². The summed E-state index contributed by atoms with van der Waals surface area (Å²) in [5.74, 6) is 2.73. The van der Waals surface area contributed by atoms with E-state index in [1.807, 2.05) is 0 Å². The summed E-state index contributed by atoms with van der Waals surface area (Å²) in [7, 11) is 0. The number of nitrogens with one attached hydrogen (secondary N) is 2. The van der Waals surface area contributed by atoms with E-state index in [1.165, 1.54) is 24.0 Å². The summed E-state index contributed by atoms with van der Waals surface area (Å²) >= 11 is 0. The van der Waals surface area contributed by atoms with Crippen LogP contribution in [0.1, 0.15) is 44.7 Å². The second-order valence-electron chi connectivity index (χ2n) is 8.44. The highest BCUT2D eigenvalue weighted by Gasteiger charge is 2.55. The molecular formula is C21H34N2. The number of fused-ring (bicyclic) bond motifs is 2. The minimum atomic E-state index is 0.601. The fourth-order valence-corrected chi connectivity index (χ4v) is 5.00.